The van der Waals surface area contributed by atoms with Crippen molar-refractivity contribution in [2.24, 2.45) is 0 Å². The summed E-state index contributed by atoms with van der Waals surface area (Å²) in [7, 11) is 0. The quantitative estimate of drug-likeness (QED) is 0.686. The molecule has 0 spiro atoms. The van der Waals surface area contributed by atoms with Crippen molar-refractivity contribution in [3.63, 3.8) is 0 Å². The van der Waals surface area contributed by atoms with E-state index in [0.717, 1.165) is 37.5 Å². The summed E-state index contributed by atoms with van der Waals surface area (Å²) in [6, 6.07) is 0. The third-order valence-electron chi connectivity index (χ3n) is 2.57. The van der Waals surface area contributed by atoms with Gasteiger partial charge in [0.15, 0.2) is 0 Å². The summed E-state index contributed by atoms with van der Waals surface area (Å²) in [5.41, 5.74) is 0. The maximum atomic E-state index is 9.42. The zero-order valence-corrected chi connectivity index (χ0v) is 8.06. The van der Waals surface area contributed by atoms with Crippen LogP contribution < -0.4 is 0 Å². The molecule has 0 bridgehead atoms. The first-order valence-corrected chi connectivity index (χ1v) is 5.01. The minimum absolute atomic E-state index is 0.185. The average Bonchev–Trinajstić information content (AvgIpc) is 2.57. The Morgan fingerprint density at radius 1 is 1.43 bits per heavy atom. The van der Waals surface area contributed by atoms with Gasteiger partial charge in [-0.25, -0.2) is 0 Å². The molecular formula is C9H15N3O2. The van der Waals surface area contributed by atoms with E-state index in [4.69, 9.17) is 5.11 Å². The van der Waals surface area contributed by atoms with Crippen molar-refractivity contribution in [2.45, 2.75) is 38.3 Å². The summed E-state index contributed by atoms with van der Waals surface area (Å²) < 4.78 is 2.06. The molecule has 5 nitrogen and oxygen atoms in total. The second-order valence-corrected chi connectivity index (χ2v) is 3.66. The minimum Gasteiger partial charge on any atom is -0.396 e. The molecule has 1 aliphatic rings. The Kier molecular flexibility index (Phi) is 2.79. The number of hydrogen-bond acceptors (Lipinski definition) is 4. The van der Waals surface area contributed by atoms with Crippen LogP contribution in [0.5, 0.6) is 0 Å². The van der Waals surface area contributed by atoms with Gasteiger partial charge in [-0.05, 0) is 12.8 Å². The predicted octanol–water partition coefficient (Wildman–Crippen LogP) is -0.490. The number of rotatable bonds is 3. The highest BCUT2D eigenvalue weighted by molar-refractivity contribution is 5.00. The molecule has 1 atom stereocenters. The van der Waals surface area contributed by atoms with Crippen LogP contribution in [-0.2, 0) is 19.4 Å². The Balaban J connectivity index is 2.12. The van der Waals surface area contributed by atoms with E-state index in [2.05, 4.69) is 14.8 Å². The Bertz CT molecular complexity index is 311. The van der Waals surface area contributed by atoms with Crippen molar-refractivity contribution in [3.05, 3.63) is 11.6 Å². The molecule has 0 fully saturated rings. The number of nitrogens with zero attached hydrogens (tertiary/aromatic N) is 3. The Labute approximate surface area is 82.4 Å². The Hall–Kier alpha value is -0.940. The first kappa shape index (κ1) is 9.61. The predicted molar refractivity (Wildman–Crippen MR) is 49.8 cm³/mol. The molecule has 0 aliphatic carbocycles. The van der Waals surface area contributed by atoms with Gasteiger partial charge in [0, 0.05) is 26.0 Å². The standard InChI is InChI=1S/C9H15N3O2/c13-5-1-2-8-10-11-9-6-7(14)3-4-12(8)9/h7,13-14H,1-6H2. The van der Waals surface area contributed by atoms with Crippen molar-refractivity contribution in [3.8, 4) is 0 Å². The van der Waals surface area contributed by atoms with Gasteiger partial charge in [-0.15, -0.1) is 10.2 Å². The molecule has 1 aliphatic heterocycles. The first-order chi connectivity index (χ1) is 6.81. The molecule has 2 rings (SSSR count). The maximum absolute atomic E-state index is 9.42. The van der Waals surface area contributed by atoms with E-state index in [1.54, 1.807) is 0 Å². The van der Waals surface area contributed by atoms with Gasteiger partial charge in [-0.1, -0.05) is 0 Å². The fraction of sp³-hybridized carbons (Fsp3) is 0.778. The molecule has 5 heteroatoms. The summed E-state index contributed by atoms with van der Waals surface area (Å²) in [5, 5.41) is 26.2. The van der Waals surface area contributed by atoms with E-state index >= 15 is 0 Å². The van der Waals surface area contributed by atoms with Crippen LogP contribution in [0, 0.1) is 0 Å². The molecule has 0 amide bonds. The molecule has 1 unspecified atom stereocenters. The van der Waals surface area contributed by atoms with Gasteiger partial charge < -0.3 is 14.8 Å². The SMILES string of the molecule is OCCCc1nnc2n1CCC(O)C2. The lowest BCUT2D eigenvalue weighted by molar-refractivity contribution is 0.141. The molecule has 2 heterocycles. The fourth-order valence-electron chi connectivity index (χ4n) is 1.79. The molecular weight excluding hydrogens is 182 g/mol. The zero-order valence-electron chi connectivity index (χ0n) is 8.06. The minimum atomic E-state index is -0.266. The molecule has 14 heavy (non-hydrogen) atoms. The summed E-state index contributed by atoms with van der Waals surface area (Å²) in [6.45, 7) is 0.981. The highest BCUT2D eigenvalue weighted by Gasteiger charge is 2.20. The Morgan fingerprint density at radius 2 is 2.29 bits per heavy atom. The zero-order chi connectivity index (χ0) is 9.97. The second kappa shape index (κ2) is 4.06. The largest absolute Gasteiger partial charge is 0.396 e. The third kappa shape index (κ3) is 1.78. The van der Waals surface area contributed by atoms with Crippen LogP contribution in [-0.4, -0.2) is 37.7 Å². The van der Waals surface area contributed by atoms with Crippen LogP contribution in [0.1, 0.15) is 24.5 Å². The second-order valence-electron chi connectivity index (χ2n) is 3.66. The number of aliphatic hydroxyl groups excluding tert-OH is 2. The lowest BCUT2D eigenvalue weighted by Gasteiger charge is -2.19. The summed E-state index contributed by atoms with van der Waals surface area (Å²) in [4.78, 5) is 0. The molecule has 0 aromatic carbocycles. The van der Waals surface area contributed by atoms with Gasteiger partial charge in [-0.3, -0.25) is 0 Å². The van der Waals surface area contributed by atoms with Crippen LogP contribution in [0.4, 0.5) is 0 Å². The topological polar surface area (TPSA) is 71.2 Å². The molecule has 0 radical (unpaired) electrons. The molecule has 0 saturated heterocycles. The van der Waals surface area contributed by atoms with Crippen LogP contribution in [0.15, 0.2) is 0 Å². The molecule has 2 N–H and O–H groups in total. The van der Waals surface area contributed by atoms with Gasteiger partial charge in [0.05, 0.1) is 6.10 Å². The smallest absolute Gasteiger partial charge is 0.135 e. The summed E-state index contributed by atoms with van der Waals surface area (Å²) in [6.07, 6.45) is 2.60. The Morgan fingerprint density at radius 3 is 3.07 bits per heavy atom. The van der Waals surface area contributed by atoms with Gasteiger partial charge >= 0.3 is 0 Å². The van der Waals surface area contributed by atoms with Crippen LogP contribution in [0.25, 0.3) is 0 Å². The highest BCUT2D eigenvalue weighted by Crippen LogP contribution is 2.15. The monoisotopic (exact) mass is 197 g/mol. The van der Waals surface area contributed by atoms with E-state index in [9.17, 15) is 5.11 Å². The van der Waals surface area contributed by atoms with Crippen LogP contribution in [0.2, 0.25) is 0 Å². The summed E-state index contributed by atoms with van der Waals surface area (Å²) in [5.74, 6) is 1.80. The van der Waals surface area contributed by atoms with Crippen molar-refractivity contribution < 1.29 is 10.2 Å². The lowest BCUT2D eigenvalue weighted by atomic mass is 10.1. The van der Waals surface area contributed by atoms with E-state index in [0.29, 0.717) is 6.42 Å². The van der Waals surface area contributed by atoms with Crippen molar-refractivity contribution in [1.82, 2.24) is 14.8 Å². The van der Waals surface area contributed by atoms with Crippen molar-refractivity contribution in [1.29, 1.82) is 0 Å². The number of aliphatic hydroxyl groups is 2. The van der Waals surface area contributed by atoms with E-state index in [1.165, 1.54) is 0 Å². The van der Waals surface area contributed by atoms with Gasteiger partial charge in [-0.2, -0.15) is 0 Å². The maximum Gasteiger partial charge on any atom is 0.135 e. The van der Waals surface area contributed by atoms with E-state index < -0.39 is 0 Å². The van der Waals surface area contributed by atoms with Gasteiger partial charge in [0.1, 0.15) is 11.6 Å². The average molecular weight is 197 g/mol. The van der Waals surface area contributed by atoms with Crippen molar-refractivity contribution >= 4 is 0 Å². The van der Waals surface area contributed by atoms with Crippen molar-refractivity contribution in [2.75, 3.05) is 6.61 Å². The molecule has 1 aromatic rings. The van der Waals surface area contributed by atoms with E-state index in [1.807, 2.05) is 0 Å². The molecule has 78 valence electrons. The summed E-state index contributed by atoms with van der Waals surface area (Å²) >= 11 is 0. The van der Waals surface area contributed by atoms with Gasteiger partial charge in [0.25, 0.3) is 0 Å². The first-order valence-electron chi connectivity index (χ1n) is 5.01. The normalized spacial score (nSPS) is 20.9. The fourth-order valence-corrected chi connectivity index (χ4v) is 1.79. The molecule has 1 aromatic heterocycles. The number of aromatic nitrogens is 3. The highest BCUT2D eigenvalue weighted by atomic mass is 16.3. The third-order valence-corrected chi connectivity index (χ3v) is 2.57. The molecule has 0 saturated carbocycles. The lowest BCUT2D eigenvalue weighted by Crippen LogP contribution is -2.24. The number of hydrogen-bond donors (Lipinski definition) is 2. The number of aryl methyl sites for hydroxylation is 1. The van der Waals surface area contributed by atoms with Crippen LogP contribution >= 0.6 is 0 Å². The van der Waals surface area contributed by atoms with Gasteiger partial charge in [0.2, 0.25) is 0 Å². The van der Waals surface area contributed by atoms with Crippen LogP contribution in [0.3, 0.4) is 0 Å². The number of fused-ring (bicyclic) bond motifs is 1. The van der Waals surface area contributed by atoms with E-state index in [-0.39, 0.29) is 12.7 Å².